The van der Waals surface area contributed by atoms with Gasteiger partial charge in [0, 0.05) is 76.3 Å². The van der Waals surface area contributed by atoms with Crippen molar-refractivity contribution in [2.75, 3.05) is 81.0 Å². The molecule has 1 aliphatic carbocycles. The Kier molecular flexibility index (Phi) is 43.0. The van der Waals surface area contributed by atoms with Crippen molar-refractivity contribution in [3.63, 3.8) is 0 Å². The number of aromatic hydroxyl groups is 1. The lowest BCUT2D eigenvalue weighted by Gasteiger charge is -2.48. The summed E-state index contributed by atoms with van der Waals surface area (Å²) in [6.45, 7) is 4.93. The van der Waals surface area contributed by atoms with Gasteiger partial charge >= 0.3 is 29.8 Å². The summed E-state index contributed by atoms with van der Waals surface area (Å²) in [6.07, 6.45) is -14.6. The minimum Gasteiger partial charge on any atom is -0.508 e. The number of esters is 3. The van der Waals surface area contributed by atoms with E-state index in [2.05, 4.69) is 47.9 Å². The van der Waals surface area contributed by atoms with Crippen molar-refractivity contribution < 1.29 is 164 Å². The number of nitrogens with zero attached hydrogens (tertiary/aromatic N) is 1. The average Bonchev–Trinajstić information content (AvgIpc) is 1.64. The Labute approximate surface area is 779 Å². The molecule has 744 valence electrons. The summed E-state index contributed by atoms with van der Waals surface area (Å²) in [5, 5.41) is 86.7. The van der Waals surface area contributed by atoms with Gasteiger partial charge in [-0.1, -0.05) is 12.1 Å². The number of carboxylic acid groups (broad SMARTS) is 2. The van der Waals surface area contributed by atoms with Crippen molar-refractivity contribution in [1.29, 1.82) is 0 Å². The molecule has 0 radical (unpaired) electrons. The highest BCUT2D eigenvalue weighted by molar-refractivity contribution is 5.97. The minimum atomic E-state index is -1.97. The number of aliphatic hydroxyl groups is 3. The number of ether oxygens (including phenoxy) is 11. The zero-order chi connectivity index (χ0) is 98.9. The number of unbranched alkanes of at least 4 members (excludes halogenated alkanes) is 2. The number of phenolic OH excluding ortho intramolecular Hbond substituents is 1. The van der Waals surface area contributed by atoms with Gasteiger partial charge in [0.2, 0.25) is 53.9 Å². The molecule has 3 saturated heterocycles. The zero-order valence-corrected chi connectivity index (χ0v) is 77.0. The van der Waals surface area contributed by atoms with Gasteiger partial charge in [-0.05, 0) is 184 Å². The molecule has 15 N–H and O–H groups in total. The van der Waals surface area contributed by atoms with E-state index in [-0.39, 0.29) is 169 Å². The van der Waals surface area contributed by atoms with Crippen molar-refractivity contribution in [1.82, 2.24) is 52.8 Å². The summed E-state index contributed by atoms with van der Waals surface area (Å²) < 4.78 is 66.1. The van der Waals surface area contributed by atoms with Crippen LogP contribution in [0.5, 0.6) is 34.5 Å². The molecule has 0 aromatic heterocycles. The summed E-state index contributed by atoms with van der Waals surface area (Å²) in [6, 6.07) is 1.04. The van der Waals surface area contributed by atoms with E-state index in [1.165, 1.54) is 59.3 Å². The van der Waals surface area contributed by atoms with Crippen LogP contribution >= 0.6 is 0 Å². The molecule has 4 aliphatic heterocycles. The number of benzene rings is 3. The quantitative estimate of drug-likeness (QED) is 0.0153. The number of ketones is 4. The highest BCUT2D eigenvalue weighted by Crippen LogP contribution is 2.57. The first-order chi connectivity index (χ1) is 64.3. The summed E-state index contributed by atoms with van der Waals surface area (Å²) in [7, 11) is 6.13. The van der Waals surface area contributed by atoms with E-state index in [1.807, 2.05) is 0 Å². The molecule has 10 unspecified atom stereocenters. The van der Waals surface area contributed by atoms with E-state index in [4.69, 9.17) is 52.1 Å². The lowest BCUT2D eigenvalue weighted by atomic mass is 9.66. The van der Waals surface area contributed by atoms with Crippen LogP contribution in [0.25, 0.3) is 0 Å². The first-order valence-corrected chi connectivity index (χ1v) is 45.0. The third-order valence-corrected chi connectivity index (χ3v) is 23.2. The van der Waals surface area contributed by atoms with Crippen LogP contribution in [-0.2, 0) is 116 Å². The van der Waals surface area contributed by atoms with Gasteiger partial charge in [0.15, 0.2) is 53.2 Å². The fraction of sp³-hybridized carbons (Fsp3) is 0.615. The number of carbonyl (C=O) groups is 17. The maximum atomic E-state index is 14.7. The second-order valence-electron chi connectivity index (χ2n) is 34.2. The lowest BCUT2D eigenvalue weighted by Crippen LogP contribution is -2.64. The number of hydrogen-bond donors (Lipinski definition) is 15. The largest absolute Gasteiger partial charge is 0.508 e. The van der Waals surface area contributed by atoms with Gasteiger partial charge in [-0.3, -0.25) is 77.3 Å². The van der Waals surface area contributed by atoms with Crippen molar-refractivity contribution in [2.24, 2.45) is 11.8 Å². The van der Waals surface area contributed by atoms with Crippen LogP contribution in [-0.4, -0.2) is 309 Å². The summed E-state index contributed by atoms with van der Waals surface area (Å²) >= 11 is 0. The lowest BCUT2D eigenvalue weighted by molar-refractivity contribution is -0.365. The number of hydrogen-bond acceptors (Lipinski definition) is 35. The Morgan fingerprint density at radius 2 is 1.12 bits per heavy atom. The molecule has 5 aliphatic rings. The Hall–Kier alpha value is -11.8. The molecule has 0 spiro atoms. The molecule has 4 heterocycles. The standard InChI is InChI=1S/C91H126N10O34/c1-47(103)17-14-21-70(110)92-33-12-10-19-59(63(108)40-95-60(20-11-13-34-93-71(111)22-15-18-48(2)104)86(120)100-80(50(4)106)89(123)98-62(30-32-74(115)116)88(122)97-61(29-31-73(113)114)87(121)96-54(43-102)35-52-25-27-55(107)28-26-52)94-41-64(109)79(49(3)105)99-72(112)23-16-24-75(117)133-85-81(119)84-69(45-127-51(5)131-84)132-91(85)135-82-57-39-66-65(129-46-130-66)38-56(57)77(78-58(82)44-128-90(78)124)53-36-67(125-8)83(68(37-53)126-9)134-76(118)42-101(6)7/h25-28,36-39,43,49-51,54,58-62,69,77-82,84-85,91,94-95,105-107,119H,10-24,29-35,40-42,44-46H2,1-9H3,(H,92,110)(H,93,111)(H,96,121)(H,97,122)(H,98,123)(H,99,112)(H,100,120)(H,113,114)(H,115,116)/t49?,50-,51?,54?,58+,59+,60?,61+,62?,69?,77-,78+,79-,80+,81?,82-,84?,85?,91?/m1/s1. The fourth-order valence-corrected chi connectivity index (χ4v) is 16.2. The molecule has 44 heteroatoms. The molecule has 0 bridgehead atoms. The van der Waals surface area contributed by atoms with Crippen LogP contribution in [0.15, 0.2) is 48.5 Å². The Balaban J connectivity index is 0.960. The normalized spacial score (nSPS) is 21.1. The van der Waals surface area contributed by atoms with Crippen molar-refractivity contribution in [3.05, 3.63) is 70.8 Å². The predicted octanol–water partition coefficient (Wildman–Crippen LogP) is 0.0298. The number of methoxy groups -OCH3 is 2. The minimum absolute atomic E-state index is 0.0143. The summed E-state index contributed by atoms with van der Waals surface area (Å²) in [5.41, 5.74) is 1.90. The number of carboxylic acids is 2. The van der Waals surface area contributed by atoms with E-state index >= 15 is 0 Å². The van der Waals surface area contributed by atoms with Crippen LogP contribution in [0.2, 0.25) is 0 Å². The van der Waals surface area contributed by atoms with E-state index < -0.39 is 238 Å². The van der Waals surface area contributed by atoms with Gasteiger partial charge in [-0.15, -0.1) is 0 Å². The predicted molar refractivity (Wildman–Crippen MR) is 470 cm³/mol. The van der Waals surface area contributed by atoms with Crippen LogP contribution in [0, 0.1) is 11.8 Å². The summed E-state index contributed by atoms with van der Waals surface area (Å²) in [5.74, 6) is -14.9. The van der Waals surface area contributed by atoms with Gasteiger partial charge in [0.1, 0.15) is 66.1 Å². The molecule has 0 saturated carbocycles. The molecular formula is C91H126N10O34. The number of rotatable bonds is 59. The number of aliphatic carboxylic acids is 2. The number of carbonyl (C=O) groups excluding carboxylic acids is 15. The van der Waals surface area contributed by atoms with E-state index in [9.17, 15) is 112 Å². The molecule has 8 rings (SSSR count). The Morgan fingerprint density at radius 1 is 0.578 bits per heavy atom. The van der Waals surface area contributed by atoms with E-state index in [1.54, 1.807) is 50.2 Å². The maximum absolute atomic E-state index is 14.7. The van der Waals surface area contributed by atoms with Crippen LogP contribution in [0.1, 0.15) is 191 Å². The SMILES string of the molecule is COc1cc([C@@H]2c3cc4c(cc3[C@@H](OC3OC5COC(C)OC5C(O)C3OC(=O)CCCC(=O)N[C@@H](C(=O)CN[C@@H](CCCCNC(=O)CCCC(C)=O)C(=O)CNC(CCCCNC(=O)CCCC(C)=O)C(=O)N[C@H](C(=O)NC(CCC(=O)O)C(=O)N[C@@H](CCC(=O)O)C(=O)NC(C=O)Cc3ccc(O)cc3)[C@@H](C)O)C(C)O)[C@H]3COC(=O)[C@H]23)OCO4)cc(OC)c1OC(=O)CN(C)C. The number of likely N-dealkylation sites (N-methyl/N-ethyl adjacent to an activating group) is 1. The number of nitrogens with one attached hydrogen (secondary N) is 9. The van der Waals surface area contributed by atoms with Gasteiger partial charge in [-0.25, -0.2) is 0 Å². The van der Waals surface area contributed by atoms with Crippen LogP contribution in [0.3, 0.4) is 0 Å². The topological polar surface area (TPSA) is 625 Å². The number of phenols is 1. The Morgan fingerprint density at radius 3 is 1.68 bits per heavy atom. The molecular weight excluding hydrogens is 1780 g/mol. The molecule has 3 aromatic carbocycles. The number of cyclic esters (lactones) is 1. The maximum Gasteiger partial charge on any atom is 0.325 e. The number of aliphatic hydroxyl groups excluding tert-OH is 3. The average molecular weight is 1900 g/mol. The molecule has 7 amide bonds. The number of aldehydes is 1. The van der Waals surface area contributed by atoms with Crippen molar-refractivity contribution in [2.45, 2.75) is 267 Å². The van der Waals surface area contributed by atoms with E-state index in [0.717, 1.165) is 6.92 Å². The monoisotopic (exact) mass is 1900 g/mol. The number of amides is 7. The van der Waals surface area contributed by atoms with Gasteiger partial charge in [0.05, 0.1) is 89.4 Å². The zero-order valence-electron chi connectivity index (χ0n) is 77.0. The van der Waals surface area contributed by atoms with Crippen LogP contribution in [0.4, 0.5) is 0 Å². The molecule has 3 fully saturated rings. The van der Waals surface area contributed by atoms with Crippen molar-refractivity contribution in [3.8, 4) is 34.5 Å². The third-order valence-electron chi connectivity index (χ3n) is 23.2. The molecule has 44 nitrogen and oxygen atoms in total. The summed E-state index contributed by atoms with van der Waals surface area (Å²) in [4.78, 5) is 227. The molecule has 19 atom stereocenters. The van der Waals surface area contributed by atoms with Gasteiger partial charge in [0.25, 0.3) is 0 Å². The number of Topliss-reactive ketones (excluding diaryl/α,β-unsaturated/α-hetero) is 4. The number of fused-ring (bicyclic) bond motifs is 4. The molecule has 135 heavy (non-hydrogen) atoms. The second-order valence-corrected chi connectivity index (χ2v) is 34.2. The highest BCUT2D eigenvalue weighted by atomic mass is 16.8. The third kappa shape index (κ3) is 33.3. The first kappa shape index (κ1) is 109. The van der Waals surface area contributed by atoms with Crippen molar-refractivity contribution >= 4 is 101 Å². The smallest absolute Gasteiger partial charge is 0.325 e. The van der Waals surface area contributed by atoms with E-state index in [0.29, 0.717) is 46.5 Å². The molecule has 3 aromatic rings. The second kappa shape index (κ2) is 53.5. The first-order valence-electron chi connectivity index (χ1n) is 45.0. The van der Waals surface area contributed by atoms with Gasteiger partial charge < -0.3 is 140 Å². The fourth-order valence-electron chi connectivity index (χ4n) is 16.2. The van der Waals surface area contributed by atoms with Gasteiger partial charge in [-0.2, -0.15) is 0 Å². The van der Waals surface area contributed by atoms with Crippen LogP contribution < -0.4 is 71.5 Å². The highest BCUT2D eigenvalue weighted by Gasteiger charge is 2.57. The Bertz CT molecular complexity index is 4620.